The van der Waals surface area contributed by atoms with Crippen molar-refractivity contribution < 1.29 is 9.90 Å². The maximum Gasteiger partial charge on any atom is 0.328 e. The Kier molecular flexibility index (Phi) is 3.89. The van der Waals surface area contributed by atoms with Gasteiger partial charge in [0.05, 0.1) is 17.6 Å². The van der Waals surface area contributed by atoms with Crippen LogP contribution >= 0.6 is 0 Å². The molecule has 5 nitrogen and oxygen atoms in total. The summed E-state index contributed by atoms with van der Waals surface area (Å²) in [6.45, 7) is 7.03. The summed E-state index contributed by atoms with van der Waals surface area (Å²) < 4.78 is 0. The van der Waals surface area contributed by atoms with E-state index in [0.717, 1.165) is 34.1 Å². The Bertz CT molecular complexity index is 931. The molecule has 3 rings (SSSR count). The van der Waals surface area contributed by atoms with Gasteiger partial charge < -0.3 is 10.1 Å². The first-order valence-corrected chi connectivity index (χ1v) is 7.00. The molecule has 23 heavy (non-hydrogen) atoms. The number of hydrogen-bond acceptors (Lipinski definition) is 2. The third-order valence-corrected chi connectivity index (χ3v) is 3.41. The van der Waals surface area contributed by atoms with Crippen LogP contribution in [-0.2, 0) is 11.2 Å². The Hall–Kier alpha value is -3.39. The van der Waals surface area contributed by atoms with Crippen LogP contribution in [0.3, 0.4) is 0 Å². The fraction of sp³-hybridized carbons (Fsp3) is 0.0556. The van der Waals surface area contributed by atoms with Crippen LogP contribution in [0.4, 0.5) is 5.69 Å². The number of rotatable bonds is 4. The van der Waals surface area contributed by atoms with E-state index in [1.807, 2.05) is 30.3 Å². The molecule has 0 aliphatic rings. The minimum Gasteiger partial charge on any atom is -0.478 e. The average Bonchev–Trinajstić information content (AvgIpc) is 2.95. The Morgan fingerprint density at radius 2 is 2.04 bits per heavy atom. The molecule has 5 heteroatoms. The van der Waals surface area contributed by atoms with Gasteiger partial charge in [0.1, 0.15) is 5.82 Å². The normalized spacial score (nSPS) is 10.9. The van der Waals surface area contributed by atoms with Gasteiger partial charge in [0.25, 0.3) is 0 Å². The van der Waals surface area contributed by atoms with Crippen molar-refractivity contribution in [3.63, 3.8) is 0 Å². The van der Waals surface area contributed by atoms with Crippen LogP contribution in [0.25, 0.3) is 22.0 Å². The minimum atomic E-state index is -0.963. The molecular weight excluding hydrogens is 290 g/mol. The highest BCUT2D eigenvalue weighted by Crippen LogP contribution is 2.20. The molecule has 0 saturated heterocycles. The van der Waals surface area contributed by atoms with E-state index in [1.165, 1.54) is 0 Å². The van der Waals surface area contributed by atoms with Gasteiger partial charge in [-0.1, -0.05) is 30.3 Å². The lowest BCUT2D eigenvalue weighted by Gasteiger charge is -1.99. The standard InChI is InChI=1S/C18H13N3O2/c1-19-14-7-8-15-16(11-14)21-17(20-15)10-13-4-2-12(3-5-13)6-9-18(22)23/h2-9,11H,10H2,(H,20,21)(H,22,23)/b9-6+. The monoisotopic (exact) mass is 303 g/mol. The molecule has 1 aromatic heterocycles. The van der Waals surface area contributed by atoms with E-state index in [4.69, 9.17) is 11.7 Å². The van der Waals surface area contributed by atoms with Crippen molar-refractivity contribution in [2.75, 3.05) is 0 Å². The van der Waals surface area contributed by atoms with Gasteiger partial charge in [-0.25, -0.2) is 14.6 Å². The quantitative estimate of drug-likeness (QED) is 0.569. The predicted octanol–water partition coefficient (Wildman–Crippen LogP) is 3.80. The van der Waals surface area contributed by atoms with Gasteiger partial charge in [-0.2, -0.15) is 0 Å². The van der Waals surface area contributed by atoms with Crippen LogP contribution in [-0.4, -0.2) is 21.0 Å². The van der Waals surface area contributed by atoms with E-state index in [-0.39, 0.29) is 0 Å². The van der Waals surface area contributed by atoms with E-state index < -0.39 is 5.97 Å². The average molecular weight is 303 g/mol. The number of imidazole rings is 1. The number of carboxylic acids is 1. The maximum atomic E-state index is 10.5. The van der Waals surface area contributed by atoms with Gasteiger partial charge in [0.2, 0.25) is 0 Å². The van der Waals surface area contributed by atoms with Crippen molar-refractivity contribution in [1.29, 1.82) is 0 Å². The van der Waals surface area contributed by atoms with Crippen LogP contribution in [0.1, 0.15) is 17.0 Å². The molecule has 2 N–H and O–H groups in total. The molecule has 0 spiro atoms. The Balaban J connectivity index is 1.79. The summed E-state index contributed by atoms with van der Waals surface area (Å²) >= 11 is 0. The molecule has 0 saturated carbocycles. The molecule has 3 aromatic rings. The third kappa shape index (κ3) is 3.44. The number of aliphatic carboxylic acids is 1. The van der Waals surface area contributed by atoms with Crippen molar-refractivity contribution >= 4 is 28.8 Å². The first-order chi connectivity index (χ1) is 11.1. The zero-order chi connectivity index (χ0) is 16.2. The highest BCUT2D eigenvalue weighted by molar-refractivity contribution is 5.85. The zero-order valence-electron chi connectivity index (χ0n) is 12.2. The summed E-state index contributed by atoms with van der Waals surface area (Å²) in [4.78, 5) is 21.6. The molecule has 0 atom stereocenters. The van der Waals surface area contributed by atoms with Gasteiger partial charge in [-0.3, -0.25) is 0 Å². The molecule has 0 unspecified atom stereocenters. The van der Waals surface area contributed by atoms with Gasteiger partial charge in [-0.15, -0.1) is 0 Å². The van der Waals surface area contributed by atoms with Crippen molar-refractivity contribution in [3.05, 3.63) is 76.9 Å². The van der Waals surface area contributed by atoms with Gasteiger partial charge in [0, 0.05) is 12.5 Å². The maximum absolute atomic E-state index is 10.5. The summed E-state index contributed by atoms with van der Waals surface area (Å²) in [6.07, 6.45) is 3.31. The Morgan fingerprint density at radius 3 is 2.74 bits per heavy atom. The lowest BCUT2D eigenvalue weighted by Crippen LogP contribution is -1.91. The number of H-pyrrole nitrogens is 1. The fourth-order valence-electron chi connectivity index (χ4n) is 2.31. The molecule has 0 radical (unpaired) electrons. The van der Waals surface area contributed by atoms with Crippen LogP contribution in [0.2, 0.25) is 0 Å². The number of aromatic amines is 1. The topological polar surface area (TPSA) is 70.3 Å². The van der Waals surface area contributed by atoms with Crippen LogP contribution in [0.5, 0.6) is 0 Å². The van der Waals surface area contributed by atoms with Crippen molar-refractivity contribution in [1.82, 2.24) is 9.97 Å². The number of nitrogens with one attached hydrogen (secondary N) is 1. The van der Waals surface area contributed by atoms with E-state index in [0.29, 0.717) is 12.1 Å². The largest absolute Gasteiger partial charge is 0.478 e. The van der Waals surface area contributed by atoms with Gasteiger partial charge in [0.15, 0.2) is 5.69 Å². The number of nitrogens with zero attached hydrogens (tertiary/aromatic N) is 2. The molecule has 1 heterocycles. The molecule has 2 aromatic carbocycles. The second-order valence-corrected chi connectivity index (χ2v) is 5.09. The molecular formula is C18H13N3O2. The Labute approximate surface area is 132 Å². The number of aromatic nitrogens is 2. The van der Waals surface area contributed by atoms with E-state index in [2.05, 4.69) is 14.8 Å². The van der Waals surface area contributed by atoms with E-state index in [9.17, 15) is 4.79 Å². The SMILES string of the molecule is [C-]#[N+]c1ccc2nc(Cc3ccc(/C=C/C(=O)O)cc3)[nH]c2c1. The van der Waals surface area contributed by atoms with Crippen molar-refractivity contribution in [2.24, 2.45) is 0 Å². The number of benzene rings is 2. The molecule has 112 valence electrons. The molecule has 0 aliphatic carbocycles. The fourth-order valence-corrected chi connectivity index (χ4v) is 2.31. The molecule has 0 bridgehead atoms. The second-order valence-electron chi connectivity index (χ2n) is 5.09. The first kappa shape index (κ1) is 14.5. The lowest BCUT2D eigenvalue weighted by molar-refractivity contribution is -0.131. The van der Waals surface area contributed by atoms with Crippen molar-refractivity contribution in [3.8, 4) is 0 Å². The summed E-state index contributed by atoms with van der Waals surface area (Å²) in [6, 6.07) is 13.0. The Morgan fingerprint density at radius 1 is 1.26 bits per heavy atom. The predicted molar refractivity (Wildman–Crippen MR) is 88.3 cm³/mol. The third-order valence-electron chi connectivity index (χ3n) is 3.41. The van der Waals surface area contributed by atoms with Crippen LogP contribution < -0.4 is 0 Å². The lowest BCUT2D eigenvalue weighted by atomic mass is 10.1. The van der Waals surface area contributed by atoms with E-state index >= 15 is 0 Å². The molecule has 0 aliphatic heterocycles. The first-order valence-electron chi connectivity index (χ1n) is 7.00. The van der Waals surface area contributed by atoms with Gasteiger partial charge >= 0.3 is 5.97 Å². The second kappa shape index (κ2) is 6.16. The molecule has 0 fully saturated rings. The van der Waals surface area contributed by atoms with Crippen molar-refractivity contribution in [2.45, 2.75) is 6.42 Å². The smallest absolute Gasteiger partial charge is 0.328 e. The minimum absolute atomic E-state index is 0.585. The van der Waals surface area contributed by atoms with Crippen LogP contribution in [0, 0.1) is 6.57 Å². The highest BCUT2D eigenvalue weighted by atomic mass is 16.4. The number of fused-ring (bicyclic) bond motifs is 1. The summed E-state index contributed by atoms with van der Waals surface area (Å²) in [5.74, 6) is -0.133. The summed E-state index contributed by atoms with van der Waals surface area (Å²) in [7, 11) is 0. The number of hydrogen-bond donors (Lipinski definition) is 2. The summed E-state index contributed by atoms with van der Waals surface area (Å²) in [5.41, 5.74) is 4.19. The zero-order valence-corrected chi connectivity index (χ0v) is 12.2. The summed E-state index contributed by atoms with van der Waals surface area (Å²) in [5, 5.41) is 8.61. The number of carbonyl (C=O) groups is 1. The van der Waals surface area contributed by atoms with E-state index in [1.54, 1.807) is 18.2 Å². The number of carboxylic acid groups (broad SMARTS) is 1. The molecule has 0 amide bonds. The van der Waals surface area contributed by atoms with Crippen LogP contribution in [0.15, 0.2) is 48.5 Å². The van der Waals surface area contributed by atoms with Gasteiger partial charge in [-0.05, 0) is 29.3 Å². The highest BCUT2D eigenvalue weighted by Gasteiger charge is 2.05.